The molecule has 2 aromatic carbocycles. The second-order valence-corrected chi connectivity index (χ2v) is 16.8. The molecule has 5 aromatic rings. The van der Waals surface area contributed by atoms with Crippen molar-refractivity contribution in [3.8, 4) is 11.1 Å². The molecule has 0 spiro atoms. The number of ether oxygens (including phenoxy) is 1. The fraction of sp³-hybridized carbons (Fsp3) is 0.425. The lowest BCUT2D eigenvalue weighted by molar-refractivity contribution is -0.144. The van der Waals surface area contributed by atoms with Crippen LogP contribution in [0, 0.1) is 17.6 Å². The minimum Gasteiger partial charge on any atom is -0.378 e. The van der Waals surface area contributed by atoms with Crippen LogP contribution in [0.1, 0.15) is 68.9 Å². The summed E-state index contributed by atoms with van der Waals surface area (Å²) in [4.78, 5) is 41.2. The van der Waals surface area contributed by atoms with E-state index in [1.165, 1.54) is 11.3 Å². The molecule has 2 N–H and O–H groups in total. The van der Waals surface area contributed by atoms with Gasteiger partial charge in [0.15, 0.2) is 16.5 Å². The van der Waals surface area contributed by atoms with Gasteiger partial charge in [-0.1, -0.05) is 23.5 Å². The maximum Gasteiger partial charge on any atom is 0.435 e. The summed E-state index contributed by atoms with van der Waals surface area (Å²) in [6.45, 7) is 3.75. The van der Waals surface area contributed by atoms with E-state index in [-0.39, 0.29) is 36.4 Å². The van der Waals surface area contributed by atoms with Crippen LogP contribution in [0.4, 0.5) is 35.9 Å². The number of halogens is 7. The molecule has 19 heteroatoms. The van der Waals surface area contributed by atoms with Gasteiger partial charge in [-0.2, -0.15) is 32.0 Å². The summed E-state index contributed by atoms with van der Waals surface area (Å²) in [6.07, 6.45) is -5.13. The van der Waals surface area contributed by atoms with Crippen molar-refractivity contribution in [3.63, 3.8) is 0 Å². The molecule has 1 saturated carbocycles. The Bertz CT molecular complexity index is 2510. The van der Waals surface area contributed by atoms with Gasteiger partial charge in [0, 0.05) is 61.4 Å². The fourth-order valence-electron chi connectivity index (χ4n) is 9.10. The number of fused-ring (bicyclic) bond motifs is 5. The Hall–Kier alpha value is -5.14. The Morgan fingerprint density at radius 2 is 1.76 bits per heavy atom. The Morgan fingerprint density at radius 1 is 1.00 bits per heavy atom. The summed E-state index contributed by atoms with van der Waals surface area (Å²) in [5, 5.41) is 9.76. The number of pyridine rings is 1. The topological polar surface area (TPSA) is 118 Å². The summed E-state index contributed by atoms with van der Waals surface area (Å²) in [5.41, 5.74) is -0.220. The molecule has 3 fully saturated rings. The molecule has 0 unspecified atom stereocenters. The number of anilines is 1. The first-order valence-electron chi connectivity index (χ1n) is 19.3. The Morgan fingerprint density at radius 3 is 2.44 bits per heavy atom. The highest BCUT2D eigenvalue weighted by Gasteiger charge is 2.63. The van der Waals surface area contributed by atoms with E-state index >= 15 is 8.78 Å². The summed E-state index contributed by atoms with van der Waals surface area (Å²) in [6, 6.07) is 9.03. The van der Waals surface area contributed by atoms with Crippen LogP contribution in [-0.2, 0) is 41.1 Å². The van der Waals surface area contributed by atoms with Crippen molar-refractivity contribution < 1.29 is 45.1 Å². The zero-order valence-electron chi connectivity index (χ0n) is 31.1. The number of benzene rings is 2. The zero-order chi connectivity index (χ0) is 41.0. The van der Waals surface area contributed by atoms with E-state index in [1.807, 2.05) is 6.07 Å². The number of carbonyl (C=O) groups excluding carboxylic acids is 2. The van der Waals surface area contributed by atoms with Gasteiger partial charge in [0.05, 0.1) is 35.7 Å². The highest BCUT2D eigenvalue weighted by molar-refractivity contribution is 7.22. The molecular formula is C40H35F7N8O3S. The molecule has 3 aliphatic heterocycles. The molecule has 5 aliphatic rings. The molecule has 0 bridgehead atoms. The maximum absolute atomic E-state index is 15.7. The van der Waals surface area contributed by atoms with Crippen molar-refractivity contribution >= 4 is 38.6 Å². The van der Waals surface area contributed by atoms with Gasteiger partial charge in [0.2, 0.25) is 5.91 Å². The van der Waals surface area contributed by atoms with Crippen LogP contribution >= 0.6 is 11.3 Å². The van der Waals surface area contributed by atoms with Crippen molar-refractivity contribution in [1.29, 1.82) is 0 Å². The number of rotatable bonds is 9. The highest BCUT2D eigenvalue weighted by Crippen LogP contribution is 2.64. The monoisotopic (exact) mass is 840 g/mol. The standard InChI is InChI=1S/C40H35F7N8O3S/c41-22-9-19(10-23(42)13-22)11-29(49-31(56)16-55-35-32(34(52-55)40(45,46)47)25-3-4-28(25)39(35,43)44)33-26(20-1-2-21-15-48-37(57)27(21)12-20)14-30-36(50-33)51-38(59-30)54-7-5-53(6-8-54)24-17-58-18-24/h1-2,9-10,12-14,24-25,28-29H,3-8,11,15-18H2,(H,48,57)(H,49,56)/t25-,28+,29-/m0/s1. The average Bonchev–Trinajstić information content (AvgIpc) is 3.87. The number of nitrogens with one attached hydrogen (secondary N) is 2. The summed E-state index contributed by atoms with van der Waals surface area (Å²) in [5.74, 6) is -9.06. The number of hydrogen-bond donors (Lipinski definition) is 2. The number of piperazine rings is 1. The maximum atomic E-state index is 15.7. The number of alkyl halides is 5. The van der Waals surface area contributed by atoms with Crippen molar-refractivity contribution in [2.24, 2.45) is 5.92 Å². The Labute approximate surface area is 335 Å². The van der Waals surface area contributed by atoms with Crippen LogP contribution in [0.15, 0.2) is 42.5 Å². The van der Waals surface area contributed by atoms with Crippen LogP contribution in [0.2, 0.25) is 0 Å². The second-order valence-electron chi connectivity index (χ2n) is 15.8. The number of amides is 2. The molecule has 59 heavy (non-hydrogen) atoms. The van der Waals surface area contributed by atoms with Crippen molar-refractivity contribution in [1.82, 2.24) is 35.3 Å². The van der Waals surface area contributed by atoms with Gasteiger partial charge in [0.1, 0.15) is 23.9 Å². The number of carbonyl (C=O) groups is 2. The summed E-state index contributed by atoms with van der Waals surface area (Å²) >= 11 is 1.40. The van der Waals surface area contributed by atoms with E-state index in [4.69, 9.17) is 14.7 Å². The minimum absolute atomic E-state index is 0.0355. The average molecular weight is 841 g/mol. The molecule has 3 aromatic heterocycles. The van der Waals surface area contributed by atoms with E-state index in [1.54, 1.807) is 18.2 Å². The van der Waals surface area contributed by atoms with E-state index in [2.05, 4.69) is 25.5 Å². The predicted molar refractivity (Wildman–Crippen MR) is 200 cm³/mol. The van der Waals surface area contributed by atoms with Crippen molar-refractivity contribution in [2.75, 3.05) is 44.3 Å². The molecule has 10 rings (SSSR count). The number of hydrogen-bond acceptors (Lipinski definition) is 9. The van der Waals surface area contributed by atoms with Gasteiger partial charge in [-0.3, -0.25) is 19.2 Å². The SMILES string of the molecule is O=C(Cn1nc(C(F)(F)F)c2c1C(F)(F)[C@@H]1CC[C@H]21)N[C@@H](Cc1cc(F)cc(F)c1)c1nc2nc(N3CCN(C4COC4)CC3)sc2cc1-c1ccc2c(c1)C(=O)NC2. The molecule has 3 atom stereocenters. The number of nitrogens with zero attached hydrogens (tertiary/aromatic N) is 6. The lowest BCUT2D eigenvalue weighted by Crippen LogP contribution is -2.56. The largest absolute Gasteiger partial charge is 0.435 e. The second kappa shape index (κ2) is 14.0. The normalized spacial score (nSPS) is 21.7. The molecule has 2 aliphatic carbocycles. The molecule has 11 nitrogen and oxygen atoms in total. The van der Waals surface area contributed by atoms with E-state index in [9.17, 15) is 31.5 Å². The van der Waals surface area contributed by atoms with Crippen molar-refractivity contribution in [2.45, 2.75) is 62.5 Å². The zero-order valence-corrected chi connectivity index (χ0v) is 31.9. The molecule has 308 valence electrons. The smallest absolute Gasteiger partial charge is 0.378 e. The van der Waals surface area contributed by atoms with Crippen LogP contribution < -0.4 is 15.5 Å². The quantitative estimate of drug-likeness (QED) is 0.166. The third-order valence-corrected chi connectivity index (χ3v) is 13.3. The van der Waals surface area contributed by atoms with Gasteiger partial charge in [-0.05, 0) is 66.1 Å². The molecule has 0 radical (unpaired) electrons. The van der Waals surface area contributed by atoms with Gasteiger partial charge in [0.25, 0.3) is 11.8 Å². The van der Waals surface area contributed by atoms with E-state index in [0.717, 1.165) is 30.8 Å². The summed E-state index contributed by atoms with van der Waals surface area (Å²) in [7, 11) is 0. The fourth-order valence-corrected chi connectivity index (χ4v) is 10.1. The number of aromatic nitrogens is 4. The van der Waals surface area contributed by atoms with Gasteiger partial charge in [-0.15, -0.1) is 0 Å². The molecule has 6 heterocycles. The van der Waals surface area contributed by atoms with Crippen molar-refractivity contribution in [3.05, 3.63) is 93.4 Å². The predicted octanol–water partition coefficient (Wildman–Crippen LogP) is 6.32. The highest BCUT2D eigenvalue weighted by atomic mass is 32.1. The lowest BCUT2D eigenvalue weighted by atomic mass is 9.73. The van der Waals surface area contributed by atoms with E-state index < -0.39 is 71.0 Å². The molecular weight excluding hydrogens is 806 g/mol. The summed E-state index contributed by atoms with van der Waals surface area (Å²) < 4.78 is 110. The van der Waals surface area contributed by atoms with Gasteiger partial charge in [-0.25, -0.2) is 13.8 Å². The Kier molecular flexibility index (Phi) is 9.02. The first kappa shape index (κ1) is 38.1. The van der Waals surface area contributed by atoms with Crippen LogP contribution in [0.25, 0.3) is 21.5 Å². The third-order valence-electron chi connectivity index (χ3n) is 12.2. The van der Waals surface area contributed by atoms with Crippen LogP contribution in [-0.4, -0.2) is 81.9 Å². The van der Waals surface area contributed by atoms with E-state index in [0.29, 0.717) is 81.8 Å². The molecule has 2 saturated heterocycles. The Balaban J connectivity index is 1.05. The van der Waals surface area contributed by atoms with Crippen LogP contribution in [0.3, 0.4) is 0 Å². The first-order chi connectivity index (χ1) is 28.2. The lowest BCUT2D eigenvalue weighted by Gasteiger charge is -2.42. The van der Waals surface area contributed by atoms with Gasteiger partial charge >= 0.3 is 6.18 Å². The number of thiazole rings is 1. The van der Waals surface area contributed by atoms with Gasteiger partial charge < -0.3 is 20.3 Å². The van der Waals surface area contributed by atoms with Crippen LogP contribution in [0.5, 0.6) is 0 Å². The molecule has 2 amide bonds. The first-order valence-corrected chi connectivity index (χ1v) is 20.1. The minimum atomic E-state index is -5.04. The third kappa shape index (κ3) is 6.61.